The van der Waals surface area contributed by atoms with E-state index in [1.165, 1.54) is 0 Å². The smallest absolute Gasteiger partial charge is 0.255 e. The van der Waals surface area contributed by atoms with Gasteiger partial charge in [-0.3, -0.25) is 9.59 Å². The number of aliphatic hydroxyl groups is 1. The highest BCUT2D eigenvalue weighted by Crippen LogP contribution is 2.33. The molecule has 6 N–H and O–H groups in total. The lowest BCUT2D eigenvalue weighted by molar-refractivity contribution is -0.133. The van der Waals surface area contributed by atoms with Crippen LogP contribution in [-0.2, 0) is 9.53 Å². The van der Waals surface area contributed by atoms with Crippen LogP contribution in [0, 0.1) is 23.2 Å². The quantitative estimate of drug-likeness (QED) is 0.168. The molecule has 1 fully saturated rings. The summed E-state index contributed by atoms with van der Waals surface area (Å²) in [7, 11) is 1.67. The normalized spacial score (nSPS) is 16.1. The van der Waals surface area contributed by atoms with Gasteiger partial charge in [0.15, 0.2) is 0 Å². The van der Waals surface area contributed by atoms with E-state index in [0.717, 1.165) is 38.8 Å². The number of ether oxygens (including phenoxy) is 2. The molecule has 3 atom stereocenters. The number of benzene rings is 1. The molecule has 1 aliphatic rings. The Kier molecular flexibility index (Phi) is 19.5. The molecule has 9 nitrogen and oxygen atoms in total. The first-order valence-electron chi connectivity index (χ1n) is 14.5. The molecule has 0 saturated carbocycles. The van der Waals surface area contributed by atoms with Crippen LogP contribution in [0.15, 0.2) is 24.3 Å². The van der Waals surface area contributed by atoms with Gasteiger partial charge >= 0.3 is 0 Å². The summed E-state index contributed by atoms with van der Waals surface area (Å²) in [6.07, 6.45) is 3.32. The summed E-state index contributed by atoms with van der Waals surface area (Å²) in [6.45, 7) is 11.7. The van der Waals surface area contributed by atoms with E-state index < -0.39 is 17.6 Å². The van der Waals surface area contributed by atoms with Crippen LogP contribution < -0.4 is 26.4 Å². The third-order valence-corrected chi connectivity index (χ3v) is 8.09. The number of para-hydroxylation sites is 1. The maximum atomic E-state index is 13.0. The van der Waals surface area contributed by atoms with E-state index in [4.69, 9.17) is 15.2 Å². The Morgan fingerprint density at radius 2 is 1.71 bits per heavy atom. The van der Waals surface area contributed by atoms with E-state index in [2.05, 4.69) is 29.8 Å². The van der Waals surface area contributed by atoms with Gasteiger partial charge in [0.1, 0.15) is 5.75 Å². The molecule has 1 aromatic rings. The largest absolute Gasteiger partial charge is 0.493 e. The first-order valence-corrected chi connectivity index (χ1v) is 14.5. The molecule has 1 aliphatic heterocycles. The Hall–Kier alpha value is -1.62. The number of unbranched alkanes of at least 4 members (excludes halogenated alkanes) is 1. The molecule has 2 amide bonds. The number of methoxy groups -OCH3 is 1. The van der Waals surface area contributed by atoms with Crippen molar-refractivity contribution in [1.29, 1.82) is 0 Å². The van der Waals surface area contributed by atoms with E-state index in [0.29, 0.717) is 43.4 Å². The number of amides is 2. The van der Waals surface area contributed by atoms with Crippen molar-refractivity contribution in [3.05, 3.63) is 29.8 Å². The molecule has 1 heterocycles. The fourth-order valence-electron chi connectivity index (χ4n) is 5.03. The first kappa shape index (κ1) is 39.4. The number of piperidine rings is 1. The minimum Gasteiger partial charge on any atom is -0.493 e. The Balaban J connectivity index is 0.00000800. The summed E-state index contributed by atoms with van der Waals surface area (Å²) < 4.78 is 10.9. The molecule has 1 saturated heterocycles. The highest BCUT2D eigenvalue weighted by atomic mass is 35.5. The fraction of sp³-hybridized carbons (Fsp3) is 0.733. The highest BCUT2D eigenvalue weighted by molar-refractivity contribution is 5.96. The zero-order valence-electron chi connectivity index (χ0n) is 25.4. The molecule has 0 aliphatic carbocycles. The lowest BCUT2D eigenvalue weighted by atomic mass is 9.73. The van der Waals surface area contributed by atoms with Crippen molar-refractivity contribution >= 4 is 36.6 Å². The topological polar surface area (TPSA) is 135 Å². The molecule has 238 valence electrons. The molecule has 2 rings (SSSR count). The van der Waals surface area contributed by atoms with Gasteiger partial charge in [0.05, 0.1) is 18.3 Å². The molecular formula is C30H54Cl2N4O5. The number of carbonyl (C=O) groups is 2. The fourth-order valence-corrected chi connectivity index (χ4v) is 5.03. The van der Waals surface area contributed by atoms with Crippen LogP contribution in [0.1, 0.15) is 70.2 Å². The SMILES string of the molecule is COCCCCOc1ccccc1C(=O)NC[C@@H](C[C@H](N)[C@@H](O)CNC(=O)C(C)(C)C1CCNCC1)C(C)C.Cl.Cl. The zero-order chi connectivity index (χ0) is 28.8. The van der Waals surface area contributed by atoms with Gasteiger partial charge in [-0.25, -0.2) is 0 Å². The summed E-state index contributed by atoms with van der Waals surface area (Å²) in [6, 6.07) is 6.70. The van der Waals surface area contributed by atoms with Gasteiger partial charge in [-0.2, -0.15) is 0 Å². The summed E-state index contributed by atoms with van der Waals surface area (Å²) >= 11 is 0. The minimum absolute atomic E-state index is 0. The van der Waals surface area contributed by atoms with E-state index >= 15 is 0 Å². The molecule has 0 aromatic heterocycles. The Morgan fingerprint density at radius 3 is 2.34 bits per heavy atom. The van der Waals surface area contributed by atoms with Crippen LogP contribution >= 0.6 is 24.8 Å². The van der Waals surface area contributed by atoms with Gasteiger partial charge < -0.3 is 36.3 Å². The van der Waals surface area contributed by atoms with E-state index in [1.807, 2.05) is 26.0 Å². The molecule has 0 unspecified atom stereocenters. The lowest BCUT2D eigenvalue weighted by Gasteiger charge is -2.36. The first-order chi connectivity index (χ1) is 18.6. The Bertz CT molecular complexity index is 884. The highest BCUT2D eigenvalue weighted by Gasteiger charge is 2.37. The number of nitrogens with two attached hydrogens (primary N) is 1. The number of nitrogens with one attached hydrogen (secondary N) is 3. The van der Waals surface area contributed by atoms with Crippen LogP contribution in [0.4, 0.5) is 0 Å². The average Bonchev–Trinajstić information content (AvgIpc) is 2.93. The van der Waals surface area contributed by atoms with Crippen molar-refractivity contribution in [2.75, 3.05) is 46.5 Å². The van der Waals surface area contributed by atoms with E-state index in [1.54, 1.807) is 19.2 Å². The summed E-state index contributed by atoms with van der Waals surface area (Å²) in [5.74, 6) is 0.919. The van der Waals surface area contributed by atoms with Gasteiger partial charge in [0.25, 0.3) is 5.91 Å². The number of carbonyl (C=O) groups excluding carboxylic acids is 2. The number of halogens is 2. The van der Waals surface area contributed by atoms with E-state index in [-0.39, 0.29) is 55.0 Å². The second-order valence-corrected chi connectivity index (χ2v) is 11.7. The second-order valence-electron chi connectivity index (χ2n) is 11.7. The van der Waals surface area contributed by atoms with Crippen LogP contribution in [0.5, 0.6) is 5.75 Å². The van der Waals surface area contributed by atoms with Gasteiger partial charge in [0, 0.05) is 38.3 Å². The maximum absolute atomic E-state index is 13.0. The van der Waals surface area contributed by atoms with Crippen LogP contribution in [0.25, 0.3) is 0 Å². The van der Waals surface area contributed by atoms with Gasteiger partial charge in [-0.05, 0) is 75.1 Å². The Morgan fingerprint density at radius 1 is 1.07 bits per heavy atom. The van der Waals surface area contributed by atoms with Gasteiger partial charge in [-0.1, -0.05) is 39.8 Å². The van der Waals surface area contributed by atoms with Gasteiger partial charge in [0.2, 0.25) is 5.91 Å². The average molecular weight is 622 g/mol. The van der Waals surface area contributed by atoms with Crippen molar-refractivity contribution in [1.82, 2.24) is 16.0 Å². The third kappa shape index (κ3) is 13.1. The van der Waals surface area contributed by atoms with Crippen molar-refractivity contribution in [2.45, 2.75) is 71.9 Å². The summed E-state index contributed by atoms with van der Waals surface area (Å²) in [4.78, 5) is 25.9. The summed E-state index contributed by atoms with van der Waals surface area (Å²) in [5, 5.41) is 20.0. The lowest BCUT2D eigenvalue weighted by Crippen LogP contribution is -2.50. The maximum Gasteiger partial charge on any atom is 0.255 e. The van der Waals surface area contributed by atoms with Crippen LogP contribution in [0.2, 0.25) is 0 Å². The molecule has 0 bridgehead atoms. The number of hydrogen-bond donors (Lipinski definition) is 5. The molecule has 11 heteroatoms. The van der Waals surface area contributed by atoms with Gasteiger partial charge in [-0.15, -0.1) is 24.8 Å². The minimum atomic E-state index is -0.873. The number of hydrogen-bond acceptors (Lipinski definition) is 7. The van der Waals surface area contributed by atoms with Crippen LogP contribution in [-0.4, -0.2) is 75.6 Å². The monoisotopic (exact) mass is 620 g/mol. The summed E-state index contributed by atoms with van der Waals surface area (Å²) in [5.41, 5.74) is 6.37. The third-order valence-electron chi connectivity index (χ3n) is 8.09. The number of aliphatic hydroxyl groups excluding tert-OH is 1. The zero-order valence-corrected chi connectivity index (χ0v) is 27.1. The standard InChI is InChI=1S/C30H52N4O5.2ClH/c1-21(2)22(19-33-28(36)24-10-6-7-11-27(24)39-17-9-8-16-38-5)18-25(31)26(35)20-34-29(37)30(3,4)23-12-14-32-15-13-23;;/h6-7,10-11,21-23,25-26,32,35H,8-9,12-20,31H2,1-5H3,(H,33,36)(H,34,37);2*1H/t22-,25+,26+;;/m1../s1. The Labute approximate surface area is 259 Å². The van der Waals surface area contributed by atoms with Crippen LogP contribution in [0.3, 0.4) is 0 Å². The molecule has 1 aromatic carbocycles. The predicted octanol–water partition coefficient (Wildman–Crippen LogP) is 3.56. The van der Waals surface area contributed by atoms with Crippen molar-refractivity contribution in [3.8, 4) is 5.75 Å². The molecular weight excluding hydrogens is 567 g/mol. The molecule has 41 heavy (non-hydrogen) atoms. The van der Waals surface area contributed by atoms with Crippen molar-refractivity contribution in [2.24, 2.45) is 28.9 Å². The van der Waals surface area contributed by atoms with Crippen molar-refractivity contribution in [3.63, 3.8) is 0 Å². The van der Waals surface area contributed by atoms with E-state index in [9.17, 15) is 14.7 Å². The molecule has 0 radical (unpaired) electrons. The number of rotatable bonds is 17. The van der Waals surface area contributed by atoms with Crippen molar-refractivity contribution < 1.29 is 24.2 Å². The predicted molar refractivity (Wildman–Crippen MR) is 169 cm³/mol. The second kappa shape index (κ2) is 20.3. The molecule has 0 spiro atoms.